The molecule has 454 valence electrons. The molecule has 9 heteroatoms. The van der Waals surface area contributed by atoms with E-state index in [2.05, 4.69) is 111 Å². The summed E-state index contributed by atoms with van der Waals surface area (Å²) in [6, 6.07) is 0. The third-order valence-corrected chi connectivity index (χ3v) is 13.8. The molecule has 2 unspecified atom stereocenters. The Hall–Kier alpha value is -3.79. The number of quaternary nitrogens is 1. The maximum absolute atomic E-state index is 12.9. The molecule has 0 aromatic rings. The Morgan fingerprint density at radius 3 is 1.01 bits per heavy atom. The molecule has 0 spiro atoms. The van der Waals surface area contributed by atoms with Crippen LogP contribution in [-0.2, 0) is 33.3 Å². The Balaban J connectivity index is 4.00. The molecule has 0 saturated heterocycles. The molecule has 0 fully saturated rings. The van der Waals surface area contributed by atoms with Crippen LogP contribution in [0, 0.1) is 0 Å². The third-order valence-electron chi connectivity index (χ3n) is 13.8. The van der Waals surface area contributed by atoms with Gasteiger partial charge >= 0.3 is 17.9 Å². The van der Waals surface area contributed by atoms with Crippen LogP contribution in [0.3, 0.4) is 0 Å². The van der Waals surface area contributed by atoms with Crippen LogP contribution in [-0.4, -0.2) is 87.4 Å². The lowest BCUT2D eigenvalue weighted by Gasteiger charge is -2.25. The van der Waals surface area contributed by atoms with Gasteiger partial charge in [0.1, 0.15) is 13.2 Å². The zero-order chi connectivity index (χ0) is 57.6. The fraction of sp³-hybridized carbons (Fsp3) is 0.729. The summed E-state index contributed by atoms with van der Waals surface area (Å²) in [5, 5.41) is 9.71. The van der Waals surface area contributed by atoms with Crippen molar-refractivity contribution in [3.8, 4) is 0 Å². The SMILES string of the molecule is CC/C=C\C/C=C\C/C=C\C/C=C\C/C=C\CCCCCCCCCCCCCCCCCCCCCCCCCC(=O)OC(COC(=O)CCCCCCC/C=C\C/C=C\C/C=C\CC)COC(OCC[N+](C)(C)C)C(=O)O. The Morgan fingerprint density at radius 1 is 0.380 bits per heavy atom. The molecular formula is C70H122NO8+. The largest absolute Gasteiger partial charge is 0.477 e. The molecule has 0 rings (SSSR count). The highest BCUT2D eigenvalue weighted by atomic mass is 16.7. The maximum Gasteiger partial charge on any atom is 0.361 e. The molecule has 0 aliphatic rings. The van der Waals surface area contributed by atoms with E-state index in [1.54, 1.807) is 0 Å². The summed E-state index contributed by atoms with van der Waals surface area (Å²) in [4.78, 5) is 37.4. The number of nitrogens with zero attached hydrogens (tertiary/aromatic N) is 1. The fourth-order valence-electron chi connectivity index (χ4n) is 8.94. The van der Waals surface area contributed by atoms with E-state index in [0.717, 1.165) is 109 Å². The average Bonchev–Trinajstić information content (AvgIpc) is 3.42. The van der Waals surface area contributed by atoms with Crippen LogP contribution in [0.5, 0.6) is 0 Å². The van der Waals surface area contributed by atoms with Crippen molar-refractivity contribution in [2.45, 2.75) is 283 Å². The molecule has 0 aliphatic heterocycles. The van der Waals surface area contributed by atoms with Gasteiger partial charge in [0.05, 0.1) is 34.4 Å². The number of carboxylic acid groups (broad SMARTS) is 1. The molecular weight excluding hydrogens is 983 g/mol. The Morgan fingerprint density at radius 2 is 0.684 bits per heavy atom. The summed E-state index contributed by atoms with van der Waals surface area (Å²) < 4.78 is 22.9. The first kappa shape index (κ1) is 75.2. The van der Waals surface area contributed by atoms with Crippen LogP contribution in [0.4, 0.5) is 0 Å². The number of carbonyl (C=O) groups excluding carboxylic acids is 2. The summed E-state index contributed by atoms with van der Waals surface area (Å²) in [6.07, 6.45) is 79.6. The van der Waals surface area contributed by atoms with E-state index in [0.29, 0.717) is 11.0 Å². The first-order valence-electron chi connectivity index (χ1n) is 32.4. The van der Waals surface area contributed by atoms with Crippen molar-refractivity contribution >= 4 is 17.9 Å². The highest BCUT2D eigenvalue weighted by Gasteiger charge is 2.25. The van der Waals surface area contributed by atoms with Gasteiger partial charge in [-0.3, -0.25) is 9.59 Å². The molecule has 0 aliphatic carbocycles. The number of hydrogen-bond donors (Lipinski definition) is 1. The second kappa shape index (κ2) is 60.3. The zero-order valence-electron chi connectivity index (χ0n) is 51.8. The number of allylic oxidation sites excluding steroid dienone is 16. The van der Waals surface area contributed by atoms with Crippen molar-refractivity contribution in [3.05, 3.63) is 97.2 Å². The van der Waals surface area contributed by atoms with E-state index in [9.17, 15) is 19.5 Å². The molecule has 0 aromatic carbocycles. The topological polar surface area (TPSA) is 108 Å². The molecule has 0 aromatic heterocycles. The third kappa shape index (κ3) is 61.7. The first-order valence-corrected chi connectivity index (χ1v) is 32.4. The van der Waals surface area contributed by atoms with Crippen LogP contribution in [0.1, 0.15) is 271 Å². The van der Waals surface area contributed by atoms with Gasteiger partial charge in [-0.2, -0.15) is 0 Å². The monoisotopic (exact) mass is 1100 g/mol. The number of esters is 2. The number of carbonyl (C=O) groups is 3. The summed E-state index contributed by atoms with van der Waals surface area (Å²) in [5.74, 6) is -2.02. The lowest BCUT2D eigenvalue weighted by molar-refractivity contribution is -0.870. The number of rotatable bonds is 59. The standard InChI is InChI=1S/C70H121NO8/c1-6-8-10-12-14-16-18-20-22-23-24-25-26-27-28-29-30-31-32-33-34-35-36-37-38-39-40-41-42-43-44-45-47-49-51-53-55-57-59-61-68(73)79-66(65-78-70(69(74)75)76-63-62-71(3,4)5)64-77-67(72)60-58-56-54-52-50-48-46-21-19-17-15-13-11-9-7-2/h8-11,14-17,20-22,24-25,27-28,46,66,70H,6-7,12-13,18-19,23,26,29-45,47-65H2,1-5H3/p+1/b10-8-,11-9-,16-14-,17-15-,22-20-,25-24-,28-27-,46-21-. The van der Waals surface area contributed by atoms with Crippen LogP contribution in [0.25, 0.3) is 0 Å². The molecule has 79 heavy (non-hydrogen) atoms. The van der Waals surface area contributed by atoms with Crippen LogP contribution < -0.4 is 0 Å². The van der Waals surface area contributed by atoms with E-state index in [-0.39, 0.29) is 38.6 Å². The number of carboxylic acids is 1. The minimum atomic E-state index is -1.52. The zero-order valence-corrected chi connectivity index (χ0v) is 51.8. The summed E-state index contributed by atoms with van der Waals surface area (Å²) in [5.41, 5.74) is 0. The van der Waals surface area contributed by atoms with E-state index >= 15 is 0 Å². The highest BCUT2D eigenvalue weighted by molar-refractivity contribution is 5.71. The Kier molecular flexibility index (Phi) is 57.4. The smallest absolute Gasteiger partial charge is 0.361 e. The van der Waals surface area contributed by atoms with Gasteiger partial charge in [-0.05, 0) is 89.9 Å². The summed E-state index contributed by atoms with van der Waals surface area (Å²) >= 11 is 0. The molecule has 0 bridgehead atoms. The average molecular weight is 1110 g/mol. The summed E-state index contributed by atoms with van der Waals surface area (Å²) in [7, 11) is 5.96. The molecule has 0 amide bonds. The number of likely N-dealkylation sites (N-methyl/N-ethyl adjacent to an activating group) is 1. The van der Waals surface area contributed by atoms with Gasteiger partial charge in [0, 0.05) is 12.8 Å². The van der Waals surface area contributed by atoms with Gasteiger partial charge in [-0.15, -0.1) is 0 Å². The molecule has 9 nitrogen and oxygen atoms in total. The van der Waals surface area contributed by atoms with Crippen molar-refractivity contribution in [3.63, 3.8) is 0 Å². The number of unbranched alkanes of at least 4 members (excludes halogenated alkanes) is 28. The normalized spacial score (nSPS) is 13.4. The molecule has 0 radical (unpaired) electrons. The lowest BCUT2D eigenvalue weighted by atomic mass is 10.0. The van der Waals surface area contributed by atoms with Gasteiger partial charge in [-0.25, -0.2) is 4.79 Å². The highest BCUT2D eigenvalue weighted by Crippen LogP contribution is 2.17. The predicted molar refractivity (Wildman–Crippen MR) is 336 cm³/mol. The minimum absolute atomic E-state index is 0.183. The number of hydrogen-bond acceptors (Lipinski definition) is 7. The van der Waals surface area contributed by atoms with Crippen LogP contribution in [0.2, 0.25) is 0 Å². The van der Waals surface area contributed by atoms with Gasteiger partial charge in [0.15, 0.2) is 6.10 Å². The molecule has 0 saturated carbocycles. The Bertz CT molecular complexity index is 1620. The van der Waals surface area contributed by atoms with E-state index in [4.69, 9.17) is 18.9 Å². The number of ether oxygens (including phenoxy) is 4. The van der Waals surface area contributed by atoms with Crippen molar-refractivity contribution in [1.82, 2.24) is 0 Å². The maximum atomic E-state index is 12.9. The lowest BCUT2D eigenvalue weighted by Crippen LogP contribution is -2.40. The van der Waals surface area contributed by atoms with E-state index < -0.39 is 24.3 Å². The molecule has 2 atom stereocenters. The minimum Gasteiger partial charge on any atom is -0.477 e. The number of aliphatic carboxylic acids is 1. The van der Waals surface area contributed by atoms with Crippen molar-refractivity contribution in [2.75, 3.05) is 47.5 Å². The van der Waals surface area contributed by atoms with Gasteiger partial charge in [0.25, 0.3) is 6.29 Å². The second-order valence-electron chi connectivity index (χ2n) is 22.7. The van der Waals surface area contributed by atoms with Crippen molar-refractivity contribution in [2.24, 2.45) is 0 Å². The van der Waals surface area contributed by atoms with Gasteiger partial charge in [0.2, 0.25) is 0 Å². The van der Waals surface area contributed by atoms with Crippen LogP contribution in [0.15, 0.2) is 97.2 Å². The summed E-state index contributed by atoms with van der Waals surface area (Å²) in [6.45, 7) is 4.64. The predicted octanol–water partition coefficient (Wildman–Crippen LogP) is 19.7. The van der Waals surface area contributed by atoms with Gasteiger partial charge < -0.3 is 28.5 Å². The van der Waals surface area contributed by atoms with Crippen molar-refractivity contribution < 1.29 is 42.9 Å². The van der Waals surface area contributed by atoms with E-state index in [1.807, 2.05) is 21.1 Å². The second-order valence-corrected chi connectivity index (χ2v) is 22.7. The molecule has 0 heterocycles. The fourth-order valence-corrected chi connectivity index (χ4v) is 8.94. The van der Waals surface area contributed by atoms with E-state index in [1.165, 1.54) is 135 Å². The Labute approximate surface area is 486 Å². The molecule has 1 N–H and O–H groups in total. The van der Waals surface area contributed by atoms with Gasteiger partial charge in [-0.1, -0.05) is 265 Å². The quantitative estimate of drug-likeness (QED) is 0.0211. The first-order chi connectivity index (χ1) is 38.6. The van der Waals surface area contributed by atoms with Crippen LogP contribution >= 0.6 is 0 Å². The van der Waals surface area contributed by atoms with Crippen molar-refractivity contribution in [1.29, 1.82) is 0 Å².